The van der Waals surface area contributed by atoms with Crippen molar-refractivity contribution in [2.75, 3.05) is 19.6 Å². The molecule has 0 saturated carbocycles. The molecule has 0 saturated heterocycles. The highest BCUT2D eigenvalue weighted by Gasteiger charge is 2.07. The molecule has 1 amide bonds. The first kappa shape index (κ1) is 13.8. The molecule has 1 aromatic rings. The van der Waals surface area contributed by atoms with Crippen molar-refractivity contribution in [3.05, 3.63) is 28.8 Å². The molecule has 4 nitrogen and oxygen atoms in total. The Morgan fingerprint density at radius 2 is 2.12 bits per heavy atom. The molecule has 17 heavy (non-hydrogen) atoms. The van der Waals surface area contributed by atoms with Crippen molar-refractivity contribution in [3.8, 4) is 5.75 Å². The normalized spacial score (nSPS) is 10.2. The second-order valence-electron chi connectivity index (χ2n) is 3.67. The highest BCUT2D eigenvalue weighted by Crippen LogP contribution is 2.23. The number of nitrogens with one attached hydrogen (secondary N) is 2. The van der Waals surface area contributed by atoms with E-state index in [1.807, 2.05) is 0 Å². The molecule has 0 aliphatic rings. The van der Waals surface area contributed by atoms with E-state index in [4.69, 9.17) is 11.6 Å². The summed E-state index contributed by atoms with van der Waals surface area (Å²) in [5, 5.41) is 15.4. The maximum atomic E-state index is 11.7. The van der Waals surface area contributed by atoms with Gasteiger partial charge in [-0.25, -0.2) is 0 Å². The van der Waals surface area contributed by atoms with Crippen molar-refractivity contribution in [2.45, 2.75) is 13.3 Å². The highest BCUT2D eigenvalue weighted by atomic mass is 35.5. The van der Waals surface area contributed by atoms with E-state index in [0.717, 1.165) is 19.5 Å². The summed E-state index contributed by atoms with van der Waals surface area (Å²) in [6.45, 7) is 4.34. The van der Waals surface area contributed by atoms with E-state index in [2.05, 4.69) is 17.6 Å². The molecule has 0 fully saturated rings. The second-order valence-corrected chi connectivity index (χ2v) is 4.08. The van der Waals surface area contributed by atoms with Gasteiger partial charge in [0.25, 0.3) is 5.91 Å². The molecular weight excluding hydrogens is 240 g/mol. The Kier molecular flexibility index (Phi) is 5.80. The quantitative estimate of drug-likeness (QED) is 0.680. The van der Waals surface area contributed by atoms with E-state index in [1.54, 1.807) is 0 Å². The van der Waals surface area contributed by atoms with Gasteiger partial charge in [-0.1, -0.05) is 18.5 Å². The summed E-state index contributed by atoms with van der Waals surface area (Å²) in [6, 6.07) is 4.40. The minimum absolute atomic E-state index is 0.0205. The molecule has 1 rings (SSSR count). The van der Waals surface area contributed by atoms with Gasteiger partial charge in [-0.2, -0.15) is 0 Å². The van der Waals surface area contributed by atoms with E-state index < -0.39 is 0 Å². The molecule has 0 heterocycles. The average Bonchev–Trinajstić information content (AvgIpc) is 2.32. The monoisotopic (exact) mass is 256 g/mol. The first-order chi connectivity index (χ1) is 8.15. The Hall–Kier alpha value is -1.26. The maximum Gasteiger partial charge on any atom is 0.251 e. The van der Waals surface area contributed by atoms with Gasteiger partial charge in [0.15, 0.2) is 0 Å². The molecule has 0 aromatic heterocycles. The fourth-order valence-electron chi connectivity index (χ4n) is 1.32. The van der Waals surface area contributed by atoms with Gasteiger partial charge >= 0.3 is 0 Å². The summed E-state index contributed by atoms with van der Waals surface area (Å²) in [7, 11) is 0. The Bertz CT molecular complexity index is 383. The lowest BCUT2D eigenvalue weighted by Crippen LogP contribution is -2.32. The van der Waals surface area contributed by atoms with Crippen LogP contribution < -0.4 is 10.6 Å². The minimum atomic E-state index is -0.190. The molecule has 3 N–H and O–H groups in total. The summed E-state index contributed by atoms with van der Waals surface area (Å²) < 4.78 is 0. The van der Waals surface area contributed by atoms with Crippen LogP contribution in [0.15, 0.2) is 18.2 Å². The summed E-state index contributed by atoms with van der Waals surface area (Å²) in [4.78, 5) is 11.7. The van der Waals surface area contributed by atoms with Crippen LogP contribution in [0, 0.1) is 0 Å². The molecule has 0 spiro atoms. The third-order valence-corrected chi connectivity index (χ3v) is 2.53. The number of halogens is 1. The van der Waals surface area contributed by atoms with E-state index >= 15 is 0 Å². The average molecular weight is 257 g/mol. The molecule has 1 aromatic carbocycles. The predicted octanol–water partition coefficient (Wildman–Crippen LogP) is 1.77. The molecule has 94 valence electrons. The molecule has 0 atom stereocenters. The Morgan fingerprint density at radius 1 is 1.35 bits per heavy atom. The summed E-state index contributed by atoms with van der Waals surface area (Å²) >= 11 is 5.72. The van der Waals surface area contributed by atoms with Gasteiger partial charge in [0.1, 0.15) is 5.75 Å². The predicted molar refractivity (Wildman–Crippen MR) is 68.6 cm³/mol. The summed E-state index contributed by atoms with van der Waals surface area (Å²) in [5.74, 6) is -0.210. The first-order valence-corrected chi connectivity index (χ1v) is 6.00. The fraction of sp³-hybridized carbons (Fsp3) is 0.417. The number of hydrogen-bond acceptors (Lipinski definition) is 3. The number of phenols is 1. The highest BCUT2D eigenvalue weighted by molar-refractivity contribution is 6.32. The van der Waals surface area contributed by atoms with Crippen molar-refractivity contribution in [1.29, 1.82) is 0 Å². The van der Waals surface area contributed by atoms with Gasteiger partial charge in [0.2, 0.25) is 0 Å². The van der Waals surface area contributed by atoms with Crippen molar-refractivity contribution in [3.63, 3.8) is 0 Å². The van der Waals surface area contributed by atoms with Crippen molar-refractivity contribution < 1.29 is 9.90 Å². The largest absolute Gasteiger partial charge is 0.506 e. The zero-order valence-electron chi connectivity index (χ0n) is 9.79. The van der Waals surface area contributed by atoms with Crippen LogP contribution in [0.3, 0.4) is 0 Å². The number of rotatable bonds is 6. The number of hydrogen-bond donors (Lipinski definition) is 3. The van der Waals surface area contributed by atoms with Crippen LogP contribution in [0.5, 0.6) is 5.75 Å². The SMILES string of the molecule is CCCNCCNC(=O)c1ccc(O)c(Cl)c1. The van der Waals surface area contributed by atoms with Crippen molar-refractivity contribution in [1.82, 2.24) is 10.6 Å². The second kappa shape index (κ2) is 7.14. The zero-order valence-corrected chi connectivity index (χ0v) is 10.5. The number of carbonyl (C=O) groups excluding carboxylic acids is 1. The standard InChI is InChI=1S/C12H17ClN2O2/c1-2-5-14-6-7-15-12(17)9-3-4-11(16)10(13)8-9/h3-4,8,14,16H,2,5-7H2,1H3,(H,15,17). The Morgan fingerprint density at radius 3 is 2.76 bits per heavy atom. The number of carbonyl (C=O) groups is 1. The third kappa shape index (κ3) is 4.63. The Balaban J connectivity index is 2.39. The molecule has 0 aliphatic heterocycles. The maximum absolute atomic E-state index is 11.7. The third-order valence-electron chi connectivity index (χ3n) is 2.22. The van der Waals surface area contributed by atoms with Crippen LogP contribution in [0.1, 0.15) is 23.7 Å². The van der Waals surface area contributed by atoms with E-state index in [9.17, 15) is 9.90 Å². The number of benzene rings is 1. The van der Waals surface area contributed by atoms with Crippen LogP contribution in [0.2, 0.25) is 5.02 Å². The summed E-state index contributed by atoms with van der Waals surface area (Å²) in [6.07, 6.45) is 1.07. The molecule has 0 bridgehead atoms. The minimum Gasteiger partial charge on any atom is -0.506 e. The van der Waals surface area contributed by atoms with Gasteiger partial charge in [0.05, 0.1) is 5.02 Å². The number of aromatic hydroxyl groups is 1. The molecule has 0 aliphatic carbocycles. The van der Waals surface area contributed by atoms with Crippen LogP contribution in [-0.4, -0.2) is 30.6 Å². The molecular formula is C12H17ClN2O2. The first-order valence-electron chi connectivity index (χ1n) is 5.62. The molecule has 0 radical (unpaired) electrons. The van der Waals surface area contributed by atoms with Crippen molar-refractivity contribution in [2.24, 2.45) is 0 Å². The van der Waals surface area contributed by atoms with Crippen molar-refractivity contribution >= 4 is 17.5 Å². The van der Waals surface area contributed by atoms with Crippen LogP contribution in [-0.2, 0) is 0 Å². The van der Waals surface area contributed by atoms with Gasteiger partial charge in [-0.05, 0) is 31.2 Å². The van der Waals surface area contributed by atoms with Gasteiger partial charge in [-0.3, -0.25) is 4.79 Å². The lowest BCUT2D eigenvalue weighted by atomic mass is 10.2. The van der Waals surface area contributed by atoms with E-state index in [0.29, 0.717) is 12.1 Å². The number of phenolic OH excluding ortho intramolecular Hbond substituents is 1. The van der Waals surface area contributed by atoms with Crippen LogP contribution in [0.25, 0.3) is 0 Å². The lowest BCUT2D eigenvalue weighted by Gasteiger charge is -2.06. The zero-order chi connectivity index (χ0) is 12.7. The number of amides is 1. The molecule has 5 heteroatoms. The van der Waals surface area contributed by atoms with E-state index in [1.165, 1.54) is 18.2 Å². The van der Waals surface area contributed by atoms with Gasteiger partial charge < -0.3 is 15.7 Å². The Labute approximate surface area is 106 Å². The van der Waals surface area contributed by atoms with Gasteiger partial charge in [0, 0.05) is 18.7 Å². The van der Waals surface area contributed by atoms with Crippen LogP contribution in [0.4, 0.5) is 0 Å². The topological polar surface area (TPSA) is 61.4 Å². The smallest absolute Gasteiger partial charge is 0.251 e. The van der Waals surface area contributed by atoms with Crippen LogP contribution >= 0.6 is 11.6 Å². The summed E-state index contributed by atoms with van der Waals surface area (Å²) in [5.41, 5.74) is 0.447. The fourth-order valence-corrected chi connectivity index (χ4v) is 1.50. The lowest BCUT2D eigenvalue weighted by molar-refractivity contribution is 0.0954. The van der Waals surface area contributed by atoms with E-state index in [-0.39, 0.29) is 16.7 Å². The van der Waals surface area contributed by atoms with Gasteiger partial charge in [-0.15, -0.1) is 0 Å². The molecule has 0 unspecified atom stereocenters.